The Bertz CT molecular complexity index is 844. The van der Waals surface area contributed by atoms with E-state index in [0.29, 0.717) is 17.2 Å². The van der Waals surface area contributed by atoms with Gasteiger partial charge in [0.15, 0.2) is 0 Å². The summed E-state index contributed by atoms with van der Waals surface area (Å²) in [5.74, 6) is 0. The number of rotatable bonds is 9. The van der Waals surface area contributed by atoms with Crippen molar-refractivity contribution in [1.82, 2.24) is 0 Å². The Morgan fingerprint density at radius 1 is 0.615 bits per heavy atom. The Morgan fingerprint density at radius 2 is 0.923 bits per heavy atom. The van der Waals surface area contributed by atoms with E-state index < -0.39 is 20.2 Å². The van der Waals surface area contributed by atoms with Gasteiger partial charge in [0, 0.05) is 0 Å². The van der Waals surface area contributed by atoms with Gasteiger partial charge in [-0.15, -0.1) is 0 Å². The second-order valence-electron chi connectivity index (χ2n) is 5.56. The average Bonchev–Trinajstić information content (AvgIpc) is 2.57. The number of hydrogen-bond donors (Lipinski definition) is 2. The molecule has 0 spiro atoms. The molecule has 0 radical (unpaired) electrons. The fourth-order valence-corrected chi connectivity index (χ4v) is 5.40. The van der Waals surface area contributed by atoms with Gasteiger partial charge in [-0.3, -0.25) is 9.11 Å². The Kier molecular flexibility index (Phi) is 7.71. The van der Waals surface area contributed by atoms with Crippen LogP contribution in [0.4, 0.5) is 0 Å². The van der Waals surface area contributed by atoms with Gasteiger partial charge < -0.3 is 0 Å². The minimum Gasteiger partial charge on any atom is -0.282 e. The molecule has 0 saturated carbocycles. The van der Waals surface area contributed by atoms with Crippen molar-refractivity contribution >= 4 is 48.0 Å². The van der Waals surface area contributed by atoms with Crippen molar-refractivity contribution in [1.29, 1.82) is 0 Å². The second kappa shape index (κ2) is 9.36. The average molecular weight is 434 g/mol. The predicted octanol–water partition coefficient (Wildman–Crippen LogP) is 2.27. The van der Waals surface area contributed by atoms with Crippen LogP contribution in [0.2, 0.25) is 0 Å². The van der Waals surface area contributed by atoms with Crippen LogP contribution in [0.1, 0.15) is 12.8 Å². The molecular weight excluding hydrogens is 414 g/mol. The summed E-state index contributed by atoms with van der Waals surface area (Å²) in [5.41, 5.74) is 0. The standard InChI is InChI=1S/C16H20O6P2S2/c17-25(18,19)15-7-3-13(4-8-15)23-11-1-2-12-24-14-5-9-16(10-6-14)26(20,21)22/h3-10,23-24H,1-2,11-12H2,(H,17,18,19)(H,20,21,22). The molecule has 2 unspecified atom stereocenters. The van der Waals surface area contributed by atoms with Crippen LogP contribution in [-0.2, 0) is 20.2 Å². The second-order valence-corrected chi connectivity index (χ2v) is 11.3. The molecule has 0 aromatic heterocycles. The zero-order valence-corrected chi connectivity index (χ0v) is 17.4. The van der Waals surface area contributed by atoms with E-state index in [1.54, 1.807) is 24.3 Å². The number of unbranched alkanes of at least 4 members (excludes halogenated alkanes) is 1. The molecule has 2 N–H and O–H groups in total. The minimum absolute atomic E-state index is 0.0905. The summed E-state index contributed by atoms with van der Waals surface area (Å²) in [6.07, 6.45) is 4.12. The summed E-state index contributed by atoms with van der Waals surface area (Å²) >= 11 is 0. The summed E-state index contributed by atoms with van der Waals surface area (Å²) in [5, 5.41) is 2.11. The van der Waals surface area contributed by atoms with Crippen molar-refractivity contribution < 1.29 is 25.9 Å². The molecule has 2 aromatic rings. The molecule has 0 aliphatic carbocycles. The highest BCUT2D eigenvalue weighted by atomic mass is 32.2. The van der Waals surface area contributed by atoms with Crippen molar-refractivity contribution in [2.24, 2.45) is 0 Å². The van der Waals surface area contributed by atoms with Crippen LogP contribution in [-0.4, -0.2) is 38.3 Å². The van der Waals surface area contributed by atoms with Gasteiger partial charge in [-0.2, -0.15) is 16.8 Å². The molecule has 0 aliphatic rings. The van der Waals surface area contributed by atoms with E-state index in [-0.39, 0.29) is 9.79 Å². The third-order valence-corrected chi connectivity index (χ3v) is 7.99. The molecule has 0 amide bonds. The van der Waals surface area contributed by atoms with Gasteiger partial charge in [0.2, 0.25) is 0 Å². The van der Waals surface area contributed by atoms with Crippen molar-refractivity contribution in [3.05, 3.63) is 48.5 Å². The lowest BCUT2D eigenvalue weighted by molar-refractivity contribution is 0.481. The Hall–Kier alpha value is -0.880. The van der Waals surface area contributed by atoms with E-state index >= 15 is 0 Å². The SMILES string of the molecule is O=S(=O)(O)c1ccc(PCCCCPc2ccc(S(=O)(=O)O)cc2)cc1. The lowest BCUT2D eigenvalue weighted by Gasteiger charge is -2.05. The van der Waals surface area contributed by atoms with Gasteiger partial charge in [-0.1, -0.05) is 41.4 Å². The molecule has 10 heteroatoms. The monoisotopic (exact) mass is 434 g/mol. The zero-order chi connectivity index (χ0) is 19.2. The van der Waals surface area contributed by atoms with Gasteiger partial charge in [0.25, 0.3) is 20.2 Å². The van der Waals surface area contributed by atoms with Crippen LogP contribution in [0.5, 0.6) is 0 Å². The first-order valence-corrected chi connectivity index (χ1v) is 13.1. The lowest BCUT2D eigenvalue weighted by atomic mass is 10.4. The highest BCUT2D eigenvalue weighted by molar-refractivity contribution is 7.86. The predicted molar refractivity (Wildman–Crippen MR) is 107 cm³/mol. The molecule has 0 aliphatic heterocycles. The summed E-state index contributed by atoms with van der Waals surface area (Å²) in [6.45, 7) is 0. The van der Waals surface area contributed by atoms with E-state index in [0.717, 1.165) is 35.8 Å². The number of benzene rings is 2. The first kappa shape index (κ1) is 21.4. The highest BCUT2D eigenvalue weighted by Gasteiger charge is 2.09. The summed E-state index contributed by atoms with van der Waals surface area (Å²) in [7, 11) is -7.09. The largest absolute Gasteiger partial charge is 0.294 e. The van der Waals surface area contributed by atoms with Crippen LogP contribution in [0.15, 0.2) is 58.3 Å². The normalized spacial score (nSPS) is 13.2. The Balaban J connectivity index is 1.68. The molecule has 142 valence electrons. The molecule has 6 nitrogen and oxygen atoms in total. The maximum absolute atomic E-state index is 11.0. The van der Waals surface area contributed by atoms with Gasteiger partial charge in [-0.25, -0.2) is 0 Å². The first-order valence-electron chi connectivity index (χ1n) is 7.79. The molecule has 2 atom stereocenters. The van der Waals surface area contributed by atoms with E-state index in [2.05, 4.69) is 0 Å². The van der Waals surface area contributed by atoms with Gasteiger partial charge >= 0.3 is 0 Å². The smallest absolute Gasteiger partial charge is 0.282 e. The van der Waals surface area contributed by atoms with Crippen LogP contribution < -0.4 is 10.6 Å². The van der Waals surface area contributed by atoms with Crippen LogP contribution >= 0.6 is 17.2 Å². The van der Waals surface area contributed by atoms with E-state index in [4.69, 9.17) is 9.11 Å². The summed E-state index contributed by atoms with van der Waals surface area (Å²) in [6, 6.07) is 12.5. The molecule has 0 heterocycles. The van der Waals surface area contributed by atoms with Crippen LogP contribution in [0, 0.1) is 0 Å². The van der Waals surface area contributed by atoms with Crippen molar-refractivity contribution in [2.75, 3.05) is 12.3 Å². The van der Waals surface area contributed by atoms with E-state index in [1.165, 1.54) is 24.3 Å². The van der Waals surface area contributed by atoms with Crippen LogP contribution in [0.3, 0.4) is 0 Å². The molecule has 2 aromatic carbocycles. The van der Waals surface area contributed by atoms with Gasteiger partial charge in [0.05, 0.1) is 9.79 Å². The third-order valence-electron chi connectivity index (χ3n) is 3.57. The number of hydrogen-bond acceptors (Lipinski definition) is 4. The van der Waals surface area contributed by atoms with Crippen LogP contribution in [0.25, 0.3) is 0 Å². The van der Waals surface area contributed by atoms with E-state index in [1.807, 2.05) is 0 Å². The zero-order valence-electron chi connectivity index (χ0n) is 13.8. The topological polar surface area (TPSA) is 109 Å². The van der Waals surface area contributed by atoms with Gasteiger partial charge in [-0.05, 0) is 60.0 Å². The summed E-state index contributed by atoms with van der Waals surface area (Å²) in [4.78, 5) is -0.181. The van der Waals surface area contributed by atoms with Crippen molar-refractivity contribution in [2.45, 2.75) is 22.6 Å². The van der Waals surface area contributed by atoms with Crippen molar-refractivity contribution in [3.63, 3.8) is 0 Å². The maximum atomic E-state index is 11.0. The molecule has 0 saturated heterocycles. The maximum Gasteiger partial charge on any atom is 0.294 e. The highest BCUT2D eigenvalue weighted by Crippen LogP contribution is 2.19. The Morgan fingerprint density at radius 3 is 1.19 bits per heavy atom. The Labute approximate surface area is 157 Å². The lowest BCUT2D eigenvalue weighted by Crippen LogP contribution is -2.02. The quantitative estimate of drug-likeness (QED) is 0.356. The minimum atomic E-state index is -4.13. The fourth-order valence-electron chi connectivity index (χ4n) is 2.20. The fraction of sp³-hybridized carbons (Fsp3) is 0.250. The van der Waals surface area contributed by atoms with Crippen molar-refractivity contribution in [3.8, 4) is 0 Å². The van der Waals surface area contributed by atoms with E-state index in [9.17, 15) is 16.8 Å². The molecule has 0 bridgehead atoms. The molecule has 26 heavy (non-hydrogen) atoms. The summed E-state index contributed by atoms with van der Waals surface area (Å²) < 4.78 is 61.8. The molecule has 0 fully saturated rings. The van der Waals surface area contributed by atoms with Gasteiger partial charge in [0.1, 0.15) is 0 Å². The molecule has 2 rings (SSSR count). The molecular formula is C16H20O6P2S2. The first-order chi connectivity index (χ1) is 12.2. The third kappa shape index (κ3) is 7.03.